The Kier molecular flexibility index (Phi) is 3.36. The first-order valence-electron chi connectivity index (χ1n) is 5.18. The molecule has 1 aliphatic rings. The van der Waals surface area contributed by atoms with Crippen molar-refractivity contribution in [2.45, 2.75) is 30.5 Å². The van der Waals surface area contributed by atoms with E-state index in [1.165, 1.54) is 6.07 Å². The first-order chi connectivity index (χ1) is 7.09. The van der Waals surface area contributed by atoms with Gasteiger partial charge < -0.3 is 0 Å². The molecule has 1 aromatic rings. The van der Waals surface area contributed by atoms with Gasteiger partial charge in [0.1, 0.15) is 5.82 Å². The van der Waals surface area contributed by atoms with Crippen molar-refractivity contribution in [3.8, 4) is 0 Å². The Morgan fingerprint density at radius 2 is 2.13 bits per heavy atom. The van der Waals surface area contributed by atoms with Crippen molar-refractivity contribution in [1.29, 1.82) is 0 Å². The maximum Gasteiger partial charge on any atom is 0.128 e. The third kappa shape index (κ3) is 2.21. The molecule has 1 aliphatic carbocycles. The van der Waals surface area contributed by atoms with Crippen LogP contribution in [0.5, 0.6) is 0 Å². The standard InChI is InChI=1S/C12H13BrClF/c1-7-9(4-5-11(7)13)10-3-2-8(14)6-12(10)15/h2-3,6-7,9,11H,4-5H2,1H3. The summed E-state index contributed by atoms with van der Waals surface area (Å²) in [6.07, 6.45) is 2.17. The molecule has 0 heterocycles. The molecular weight excluding hydrogens is 278 g/mol. The summed E-state index contributed by atoms with van der Waals surface area (Å²) in [7, 11) is 0. The molecule has 0 bridgehead atoms. The molecule has 1 aromatic carbocycles. The zero-order chi connectivity index (χ0) is 11.0. The van der Waals surface area contributed by atoms with Crippen LogP contribution in [0.15, 0.2) is 18.2 Å². The molecule has 0 spiro atoms. The van der Waals surface area contributed by atoms with Crippen LogP contribution in [0.4, 0.5) is 4.39 Å². The van der Waals surface area contributed by atoms with Gasteiger partial charge in [0.25, 0.3) is 0 Å². The largest absolute Gasteiger partial charge is 0.207 e. The summed E-state index contributed by atoms with van der Waals surface area (Å²) in [4.78, 5) is 0.512. The van der Waals surface area contributed by atoms with Crippen LogP contribution in [-0.2, 0) is 0 Å². The topological polar surface area (TPSA) is 0 Å². The fourth-order valence-electron chi connectivity index (χ4n) is 2.36. The smallest absolute Gasteiger partial charge is 0.128 e. The molecule has 3 atom stereocenters. The summed E-state index contributed by atoms with van der Waals surface area (Å²) in [5.41, 5.74) is 0.814. The molecule has 2 rings (SSSR count). The molecule has 0 aliphatic heterocycles. The molecule has 82 valence electrons. The Labute approximate surface area is 103 Å². The summed E-state index contributed by atoms with van der Waals surface area (Å²) >= 11 is 9.37. The third-order valence-electron chi connectivity index (χ3n) is 3.32. The maximum atomic E-state index is 13.7. The monoisotopic (exact) mass is 290 g/mol. The van der Waals surface area contributed by atoms with Gasteiger partial charge in [-0.1, -0.05) is 40.5 Å². The zero-order valence-corrected chi connectivity index (χ0v) is 10.9. The van der Waals surface area contributed by atoms with Gasteiger partial charge in [0.05, 0.1) is 0 Å². The van der Waals surface area contributed by atoms with Crippen molar-refractivity contribution in [2.75, 3.05) is 0 Å². The predicted octanol–water partition coefficient (Wildman–Crippen LogP) is 4.76. The molecule has 0 nitrogen and oxygen atoms in total. The molecule has 0 N–H and O–H groups in total. The Morgan fingerprint density at radius 3 is 2.67 bits per heavy atom. The van der Waals surface area contributed by atoms with Gasteiger partial charge in [-0.25, -0.2) is 4.39 Å². The van der Waals surface area contributed by atoms with E-state index in [-0.39, 0.29) is 5.82 Å². The molecule has 0 amide bonds. The second kappa shape index (κ2) is 4.42. The van der Waals surface area contributed by atoms with Gasteiger partial charge in [-0.3, -0.25) is 0 Å². The summed E-state index contributed by atoms with van der Waals surface area (Å²) in [6, 6.07) is 5.00. The van der Waals surface area contributed by atoms with Gasteiger partial charge in [-0.15, -0.1) is 0 Å². The fraction of sp³-hybridized carbons (Fsp3) is 0.500. The van der Waals surface area contributed by atoms with Crippen molar-refractivity contribution in [1.82, 2.24) is 0 Å². The van der Waals surface area contributed by atoms with E-state index in [1.54, 1.807) is 6.07 Å². The van der Waals surface area contributed by atoms with Crippen molar-refractivity contribution in [3.05, 3.63) is 34.6 Å². The van der Waals surface area contributed by atoms with Crippen molar-refractivity contribution in [2.24, 2.45) is 5.92 Å². The van der Waals surface area contributed by atoms with Crippen molar-refractivity contribution >= 4 is 27.5 Å². The van der Waals surface area contributed by atoms with E-state index in [0.29, 0.717) is 21.7 Å². The third-order valence-corrected chi connectivity index (χ3v) is 4.85. The minimum Gasteiger partial charge on any atom is -0.207 e. The predicted molar refractivity (Wildman–Crippen MR) is 65.3 cm³/mol. The first kappa shape index (κ1) is 11.4. The SMILES string of the molecule is CC1C(Br)CCC1c1ccc(Cl)cc1F. The van der Waals surface area contributed by atoms with Crippen LogP contribution in [0.25, 0.3) is 0 Å². The molecule has 15 heavy (non-hydrogen) atoms. The van der Waals surface area contributed by atoms with Crippen LogP contribution in [0.2, 0.25) is 5.02 Å². The molecule has 0 aromatic heterocycles. The van der Waals surface area contributed by atoms with Gasteiger partial charge in [-0.05, 0) is 42.4 Å². The molecule has 0 radical (unpaired) electrons. The van der Waals surface area contributed by atoms with E-state index >= 15 is 0 Å². The molecular formula is C12H13BrClF. The highest BCUT2D eigenvalue weighted by atomic mass is 79.9. The highest BCUT2D eigenvalue weighted by Gasteiger charge is 2.33. The minimum atomic E-state index is -0.166. The molecule has 3 unspecified atom stereocenters. The van der Waals surface area contributed by atoms with Gasteiger partial charge in [0.15, 0.2) is 0 Å². The average Bonchev–Trinajstić information content (AvgIpc) is 2.49. The highest BCUT2D eigenvalue weighted by molar-refractivity contribution is 9.09. The van der Waals surface area contributed by atoms with E-state index in [0.717, 1.165) is 18.4 Å². The van der Waals surface area contributed by atoms with Gasteiger partial charge >= 0.3 is 0 Å². The number of alkyl halides is 1. The number of halogens is 3. The van der Waals surface area contributed by atoms with Crippen LogP contribution in [-0.4, -0.2) is 4.83 Å². The van der Waals surface area contributed by atoms with E-state index in [1.807, 2.05) is 6.07 Å². The second-order valence-corrected chi connectivity index (χ2v) is 5.84. The lowest BCUT2D eigenvalue weighted by Crippen LogP contribution is -2.10. The number of hydrogen-bond acceptors (Lipinski definition) is 0. The Morgan fingerprint density at radius 1 is 1.40 bits per heavy atom. The number of rotatable bonds is 1. The lowest BCUT2D eigenvalue weighted by atomic mass is 9.90. The van der Waals surface area contributed by atoms with Gasteiger partial charge in [0, 0.05) is 9.85 Å². The van der Waals surface area contributed by atoms with Crippen LogP contribution in [0.3, 0.4) is 0 Å². The van der Waals surface area contributed by atoms with E-state index in [2.05, 4.69) is 22.9 Å². The van der Waals surface area contributed by atoms with E-state index in [4.69, 9.17) is 11.6 Å². The number of benzene rings is 1. The first-order valence-corrected chi connectivity index (χ1v) is 6.48. The lowest BCUT2D eigenvalue weighted by Gasteiger charge is -2.18. The van der Waals surface area contributed by atoms with Gasteiger partial charge in [0.2, 0.25) is 0 Å². The van der Waals surface area contributed by atoms with Crippen LogP contribution >= 0.6 is 27.5 Å². The van der Waals surface area contributed by atoms with Gasteiger partial charge in [-0.2, -0.15) is 0 Å². The van der Waals surface area contributed by atoms with Crippen LogP contribution < -0.4 is 0 Å². The summed E-state index contributed by atoms with van der Waals surface area (Å²) in [6.45, 7) is 2.17. The van der Waals surface area contributed by atoms with Crippen molar-refractivity contribution in [3.63, 3.8) is 0 Å². The Bertz CT molecular complexity index is 367. The highest BCUT2D eigenvalue weighted by Crippen LogP contribution is 2.43. The summed E-state index contributed by atoms with van der Waals surface area (Å²) in [5.74, 6) is 0.647. The minimum absolute atomic E-state index is 0.166. The average molecular weight is 292 g/mol. The molecule has 1 fully saturated rings. The Hall–Kier alpha value is -0.0800. The summed E-state index contributed by atoms with van der Waals surface area (Å²) < 4.78 is 13.7. The normalized spacial score (nSPS) is 30.8. The fourth-order valence-corrected chi connectivity index (χ4v) is 3.15. The maximum absolute atomic E-state index is 13.7. The summed E-state index contributed by atoms with van der Waals surface area (Å²) in [5, 5.41) is 0.470. The lowest BCUT2D eigenvalue weighted by molar-refractivity contribution is 0.508. The second-order valence-electron chi connectivity index (χ2n) is 4.22. The van der Waals surface area contributed by atoms with E-state index < -0.39 is 0 Å². The quantitative estimate of drug-likeness (QED) is 0.655. The number of hydrogen-bond donors (Lipinski definition) is 0. The Balaban J connectivity index is 2.30. The zero-order valence-electron chi connectivity index (χ0n) is 8.51. The van der Waals surface area contributed by atoms with Crippen LogP contribution in [0.1, 0.15) is 31.2 Å². The molecule has 3 heteroatoms. The van der Waals surface area contributed by atoms with Crippen LogP contribution in [0, 0.1) is 11.7 Å². The molecule has 0 saturated heterocycles. The molecule has 1 saturated carbocycles. The van der Waals surface area contributed by atoms with E-state index in [9.17, 15) is 4.39 Å². The van der Waals surface area contributed by atoms with Crippen molar-refractivity contribution < 1.29 is 4.39 Å².